The lowest BCUT2D eigenvalue weighted by Gasteiger charge is -2.62. The first-order valence-electron chi connectivity index (χ1n) is 8.07. The molecule has 6 saturated carbocycles. The minimum atomic E-state index is 0.754. The van der Waals surface area contributed by atoms with Gasteiger partial charge in [-0.2, -0.15) is 0 Å². The zero-order valence-corrected chi connectivity index (χ0v) is 11.6. The number of hydrogen-bond acceptors (Lipinski definition) is 0. The smallest absolute Gasteiger partial charge is 0.0201 e. The first-order chi connectivity index (χ1) is 8.07. The summed E-state index contributed by atoms with van der Waals surface area (Å²) in [5.74, 6) is 7.86. The third kappa shape index (κ3) is 0.766. The first-order valence-corrected chi connectivity index (χ1v) is 8.07. The minimum Gasteiger partial charge on any atom is -0.0625 e. The molecule has 9 atom stereocenters. The van der Waals surface area contributed by atoms with Crippen LogP contribution in [0.25, 0.3) is 0 Å². The summed E-state index contributed by atoms with van der Waals surface area (Å²) < 4.78 is 0. The molecule has 6 fully saturated rings. The SMILES string of the molecule is CC1CC2C(C)(C1)C1CC3C4CC2(C4C)C3C1. The van der Waals surface area contributed by atoms with Gasteiger partial charge in [-0.05, 0) is 84.4 Å². The van der Waals surface area contributed by atoms with Gasteiger partial charge in [-0.25, -0.2) is 0 Å². The lowest BCUT2D eigenvalue weighted by Crippen LogP contribution is -2.56. The Bertz CT molecular complexity index is 397. The van der Waals surface area contributed by atoms with Gasteiger partial charge in [-0.15, -0.1) is 0 Å². The highest BCUT2D eigenvalue weighted by Crippen LogP contribution is 2.85. The van der Waals surface area contributed by atoms with Gasteiger partial charge in [-0.3, -0.25) is 0 Å². The number of rotatable bonds is 0. The lowest BCUT2D eigenvalue weighted by molar-refractivity contribution is -0.137. The molecule has 6 rings (SSSR count). The quantitative estimate of drug-likeness (QED) is 0.580. The van der Waals surface area contributed by atoms with Gasteiger partial charge in [0.05, 0.1) is 0 Å². The van der Waals surface area contributed by atoms with Crippen molar-refractivity contribution in [3.05, 3.63) is 0 Å². The second-order valence-corrected chi connectivity index (χ2v) is 8.81. The van der Waals surface area contributed by atoms with Crippen LogP contribution in [-0.4, -0.2) is 0 Å². The van der Waals surface area contributed by atoms with Gasteiger partial charge in [0.25, 0.3) is 0 Å². The highest BCUT2D eigenvalue weighted by Gasteiger charge is 2.78. The standard InChI is InChI=1S/C17H26/c1-9-4-15-16(3,7-9)11-5-12-13-8-17(15,10(13)2)14(12)6-11/h9-15H,4-8H2,1-3H3. The molecule has 1 spiro atoms. The summed E-state index contributed by atoms with van der Waals surface area (Å²) in [5, 5.41) is 0. The highest BCUT2D eigenvalue weighted by atomic mass is 14.8. The molecule has 0 aromatic carbocycles. The molecule has 0 aromatic heterocycles. The van der Waals surface area contributed by atoms with Crippen molar-refractivity contribution in [1.82, 2.24) is 0 Å². The van der Waals surface area contributed by atoms with E-state index in [1.54, 1.807) is 32.1 Å². The summed E-state index contributed by atoms with van der Waals surface area (Å²) in [6.07, 6.45) is 8.03. The molecule has 0 amide bonds. The van der Waals surface area contributed by atoms with Crippen molar-refractivity contribution in [2.75, 3.05) is 0 Å². The molecule has 0 aliphatic heterocycles. The summed E-state index contributed by atoms with van der Waals surface area (Å²) in [4.78, 5) is 0. The van der Waals surface area contributed by atoms with Crippen LogP contribution in [0.15, 0.2) is 0 Å². The molecule has 9 unspecified atom stereocenters. The van der Waals surface area contributed by atoms with Crippen LogP contribution in [0.1, 0.15) is 52.9 Å². The fourth-order valence-corrected chi connectivity index (χ4v) is 8.37. The molecule has 4 bridgehead atoms. The van der Waals surface area contributed by atoms with E-state index in [9.17, 15) is 0 Å². The highest BCUT2D eigenvalue weighted by molar-refractivity contribution is 5.26. The monoisotopic (exact) mass is 230 g/mol. The maximum atomic E-state index is 2.69. The van der Waals surface area contributed by atoms with Gasteiger partial charge < -0.3 is 0 Å². The number of hydrogen-bond donors (Lipinski definition) is 0. The van der Waals surface area contributed by atoms with Crippen molar-refractivity contribution in [3.8, 4) is 0 Å². The maximum absolute atomic E-state index is 2.69. The van der Waals surface area contributed by atoms with E-state index in [1.807, 2.05) is 0 Å². The fraction of sp³-hybridized carbons (Fsp3) is 1.00. The van der Waals surface area contributed by atoms with Gasteiger partial charge in [-0.1, -0.05) is 20.8 Å². The van der Waals surface area contributed by atoms with Crippen LogP contribution in [0.2, 0.25) is 0 Å². The number of fused-ring (bicyclic) bond motifs is 3. The Morgan fingerprint density at radius 2 is 1.76 bits per heavy atom. The van der Waals surface area contributed by atoms with Gasteiger partial charge in [0.2, 0.25) is 0 Å². The van der Waals surface area contributed by atoms with E-state index in [1.165, 1.54) is 11.8 Å². The van der Waals surface area contributed by atoms with E-state index in [0.29, 0.717) is 0 Å². The van der Waals surface area contributed by atoms with Crippen LogP contribution >= 0.6 is 0 Å². The van der Waals surface area contributed by atoms with Crippen molar-refractivity contribution >= 4 is 0 Å². The van der Waals surface area contributed by atoms with Crippen molar-refractivity contribution in [1.29, 1.82) is 0 Å². The van der Waals surface area contributed by atoms with Crippen molar-refractivity contribution < 1.29 is 0 Å². The molecule has 6 aliphatic rings. The summed E-state index contributed by atoms with van der Waals surface area (Å²) in [5.41, 5.74) is 1.60. The molecule has 0 aromatic rings. The molecule has 0 heterocycles. The second kappa shape index (κ2) is 2.49. The van der Waals surface area contributed by atoms with Crippen molar-refractivity contribution in [2.45, 2.75) is 52.9 Å². The predicted molar refractivity (Wildman–Crippen MR) is 69.4 cm³/mol. The zero-order valence-electron chi connectivity index (χ0n) is 11.6. The lowest BCUT2D eigenvalue weighted by atomic mass is 9.43. The van der Waals surface area contributed by atoms with E-state index in [2.05, 4.69) is 20.8 Å². The van der Waals surface area contributed by atoms with Crippen LogP contribution in [0.5, 0.6) is 0 Å². The van der Waals surface area contributed by atoms with Crippen LogP contribution in [-0.2, 0) is 0 Å². The summed E-state index contributed by atoms with van der Waals surface area (Å²) >= 11 is 0. The van der Waals surface area contributed by atoms with Crippen LogP contribution in [0.3, 0.4) is 0 Å². The van der Waals surface area contributed by atoms with Crippen molar-refractivity contribution in [3.63, 3.8) is 0 Å². The molecule has 0 saturated heterocycles. The Labute approximate surface area is 106 Å². The average molecular weight is 230 g/mol. The van der Waals surface area contributed by atoms with Gasteiger partial charge in [0.15, 0.2) is 0 Å². The molecule has 0 heteroatoms. The van der Waals surface area contributed by atoms with E-state index < -0.39 is 0 Å². The molecule has 94 valence electrons. The average Bonchev–Trinajstić information content (AvgIpc) is 2.90. The molecule has 0 nitrogen and oxygen atoms in total. The minimum absolute atomic E-state index is 0.754. The predicted octanol–water partition coefficient (Wildman–Crippen LogP) is 4.35. The summed E-state index contributed by atoms with van der Waals surface area (Å²) in [6, 6.07) is 0. The topological polar surface area (TPSA) is 0 Å². The fourth-order valence-electron chi connectivity index (χ4n) is 8.37. The van der Waals surface area contributed by atoms with Crippen LogP contribution < -0.4 is 0 Å². The van der Waals surface area contributed by atoms with E-state index in [0.717, 1.165) is 40.4 Å². The largest absolute Gasteiger partial charge is 0.0625 e. The van der Waals surface area contributed by atoms with Gasteiger partial charge in [0, 0.05) is 0 Å². The normalized spacial score (nSPS) is 74.6. The molecule has 6 aliphatic carbocycles. The second-order valence-electron chi connectivity index (χ2n) is 8.81. The van der Waals surface area contributed by atoms with Gasteiger partial charge >= 0.3 is 0 Å². The third-order valence-electron chi connectivity index (χ3n) is 8.74. The molecular weight excluding hydrogens is 204 g/mol. The third-order valence-corrected chi connectivity index (χ3v) is 8.74. The van der Waals surface area contributed by atoms with Gasteiger partial charge in [0.1, 0.15) is 0 Å². The van der Waals surface area contributed by atoms with E-state index >= 15 is 0 Å². The molecule has 0 radical (unpaired) electrons. The Kier molecular flexibility index (Phi) is 1.45. The van der Waals surface area contributed by atoms with Crippen LogP contribution in [0, 0.1) is 52.3 Å². The van der Waals surface area contributed by atoms with E-state index in [-0.39, 0.29) is 0 Å². The zero-order chi connectivity index (χ0) is 11.6. The first kappa shape index (κ1) is 9.87. The Balaban J connectivity index is 1.71. The Hall–Kier alpha value is 0. The molecular formula is C17H26. The van der Waals surface area contributed by atoms with Crippen molar-refractivity contribution in [2.24, 2.45) is 52.3 Å². The summed E-state index contributed by atoms with van der Waals surface area (Å²) in [6.45, 7) is 7.84. The Morgan fingerprint density at radius 3 is 2.53 bits per heavy atom. The maximum Gasteiger partial charge on any atom is -0.0201 e. The Morgan fingerprint density at radius 1 is 0.941 bits per heavy atom. The molecule has 0 N–H and O–H groups in total. The van der Waals surface area contributed by atoms with E-state index in [4.69, 9.17) is 0 Å². The molecule has 17 heavy (non-hydrogen) atoms. The summed E-state index contributed by atoms with van der Waals surface area (Å²) in [7, 11) is 0. The van der Waals surface area contributed by atoms with Crippen LogP contribution in [0.4, 0.5) is 0 Å².